The van der Waals surface area contributed by atoms with Gasteiger partial charge in [-0.25, -0.2) is 4.79 Å². The van der Waals surface area contributed by atoms with Crippen molar-refractivity contribution in [2.24, 2.45) is 11.8 Å². The first-order chi connectivity index (χ1) is 13.1. The minimum absolute atomic E-state index is 0.00144. The van der Waals surface area contributed by atoms with Crippen LogP contribution in [0, 0.1) is 11.8 Å². The summed E-state index contributed by atoms with van der Waals surface area (Å²) in [7, 11) is 0. The van der Waals surface area contributed by atoms with Gasteiger partial charge in [-0.15, -0.1) is 0 Å². The highest BCUT2D eigenvalue weighted by molar-refractivity contribution is 5.92. The zero-order chi connectivity index (χ0) is 19.2. The highest BCUT2D eigenvalue weighted by Gasteiger charge is 2.34. The molecule has 0 radical (unpaired) electrons. The third-order valence-corrected chi connectivity index (χ3v) is 5.43. The molecule has 2 aliphatic rings. The number of rotatable bonds is 8. The second kappa shape index (κ2) is 9.22. The molecule has 148 valence electrons. The van der Waals surface area contributed by atoms with Gasteiger partial charge in [0.1, 0.15) is 0 Å². The zero-order valence-corrected chi connectivity index (χ0v) is 16.4. The summed E-state index contributed by atoms with van der Waals surface area (Å²) in [5, 5.41) is 5.99. The Morgan fingerprint density at radius 1 is 1.30 bits per heavy atom. The molecule has 1 aromatic rings. The van der Waals surface area contributed by atoms with Crippen LogP contribution in [0.15, 0.2) is 24.3 Å². The van der Waals surface area contributed by atoms with Crippen molar-refractivity contribution < 1.29 is 14.3 Å². The number of ether oxygens (including phenoxy) is 1. The zero-order valence-electron chi connectivity index (χ0n) is 16.4. The molecule has 2 atom stereocenters. The van der Waals surface area contributed by atoms with E-state index in [4.69, 9.17) is 4.74 Å². The fourth-order valence-corrected chi connectivity index (χ4v) is 3.28. The SMILES string of the molecule is CCC(C)C(=O)Nc1cccc(CNC(=O)N(CC2CCOC2)C2CC2)c1. The number of nitrogens with one attached hydrogen (secondary N) is 2. The Bertz CT molecular complexity index is 654. The third-order valence-electron chi connectivity index (χ3n) is 5.43. The summed E-state index contributed by atoms with van der Waals surface area (Å²) in [5.41, 5.74) is 1.75. The van der Waals surface area contributed by atoms with Crippen LogP contribution in [0.2, 0.25) is 0 Å². The quantitative estimate of drug-likeness (QED) is 0.734. The number of urea groups is 1. The van der Waals surface area contributed by atoms with E-state index in [1.165, 1.54) is 0 Å². The molecular formula is C21H31N3O3. The van der Waals surface area contributed by atoms with E-state index in [1.807, 2.05) is 43.0 Å². The first kappa shape index (κ1) is 19.7. The number of benzene rings is 1. The summed E-state index contributed by atoms with van der Waals surface area (Å²) in [6.07, 6.45) is 4.04. The van der Waals surface area contributed by atoms with E-state index in [2.05, 4.69) is 10.6 Å². The smallest absolute Gasteiger partial charge is 0.317 e. The van der Waals surface area contributed by atoms with Gasteiger partial charge in [0.25, 0.3) is 0 Å². The summed E-state index contributed by atoms with van der Waals surface area (Å²) in [5.74, 6) is 0.466. The maximum atomic E-state index is 12.7. The lowest BCUT2D eigenvalue weighted by Crippen LogP contribution is -2.43. The van der Waals surface area contributed by atoms with E-state index in [-0.39, 0.29) is 17.9 Å². The van der Waals surface area contributed by atoms with Crippen LogP contribution in [0.25, 0.3) is 0 Å². The lowest BCUT2D eigenvalue weighted by atomic mass is 10.1. The lowest BCUT2D eigenvalue weighted by Gasteiger charge is -2.25. The topological polar surface area (TPSA) is 70.7 Å². The van der Waals surface area contributed by atoms with Crippen LogP contribution in [-0.4, -0.2) is 42.6 Å². The molecule has 6 nitrogen and oxygen atoms in total. The number of anilines is 1. The molecule has 1 aromatic carbocycles. The van der Waals surface area contributed by atoms with Crippen molar-refractivity contribution in [2.75, 3.05) is 25.1 Å². The Morgan fingerprint density at radius 2 is 2.11 bits per heavy atom. The van der Waals surface area contributed by atoms with Crippen LogP contribution >= 0.6 is 0 Å². The molecule has 1 saturated heterocycles. The van der Waals surface area contributed by atoms with Crippen molar-refractivity contribution in [2.45, 2.75) is 52.1 Å². The van der Waals surface area contributed by atoms with Crippen molar-refractivity contribution in [1.82, 2.24) is 10.2 Å². The minimum Gasteiger partial charge on any atom is -0.381 e. The molecule has 2 unspecified atom stereocenters. The maximum absolute atomic E-state index is 12.7. The molecule has 1 aliphatic heterocycles. The predicted molar refractivity (Wildman–Crippen MR) is 105 cm³/mol. The van der Waals surface area contributed by atoms with Gasteiger partial charge in [0.05, 0.1) is 6.61 Å². The second-order valence-corrected chi connectivity index (χ2v) is 7.77. The molecule has 3 rings (SSSR count). The monoisotopic (exact) mass is 373 g/mol. The number of carbonyl (C=O) groups is 2. The first-order valence-electron chi connectivity index (χ1n) is 10.1. The number of amides is 3. The third kappa shape index (κ3) is 5.70. The van der Waals surface area contributed by atoms with Gasteiger partial charge in [-0.05, 0) is 43.4 Å². The minimum atomic E-state index is -0.0139. The van der Waals surface area contributed by atoms with Crippen molar-refractivity contribution in [3.8, 4) is 0 Å². The van der Waals surface area contributed by atoms with Gasteiger partial charge in [0.15, 0.2) is 0 Å². The molecule has 0 spiro atoms. The Balaban J connectivity index is 1.53. The Morgan fingerprint density at radius 3 is 2.78 bits per heavy atom. The van der Waals surface area contributed by atoms with Gasteiger partial charge in [0, 0.05) is 43.3 Å². The van der Waals surface area contributed by atoms with Crippen LogP contribution < -0.4 is 10.6 Å². The number of nitrogens with zero attached hydrogens (tertiary/aromatic N) is 1. The average molecular weight is 373 g/mol. The van der Waals surface area contributed by atoms with E-state index in [1.54, 1.807) is 0 Å². The Hall–Kier alpha value is -2.08. The maximum Gasteiger partial charge on any atom is 0.317 e. The summed E-state index contributed by atoms with van der Waals surface area (Å²) < 4.78 is 5.44. The molecule has 3 amide bonds. The van der Waals surface area contributed by atoms with Crippen LogP contribution in [-0.2, 0) is 16.1 Å². The van der Waals surface area contributed by atoms with E-state index in [0.29, 0.717) is 18.5 Å². The van der Waals surface area contributed by atoms with Gasteiger partial charge < -0.3 is 20.3 Å². The molecule has 1 saturated carbocycles. The van der Waals surface area contributed by atoms with Crippen molar-refractivity contribution in [3.05, 3.63) is 29.8 Å². The molecule has 0 bridgehead atoms. The highest BCUT2D eigenvalue weighted by Crippen LogP contribution is 2.29. The summed E-state index contributed by atoms with van der Waals surface area (Å²) in [6.45, 7) is 6.72. The summed E-state index contributed by atoms with van der Waals surface area (Å²) in [4.78, 5) is 26.7. The van der Waals surface area contributed by atoms with Crippen LogP contribution in [0.4, 0.5) is 10.5 Å². The van der Waals surface area contributed by atoms with Crippen LogP contribution in [0.1, 0.15) is 45.1 Å². The fourth-order valence-electron chi connectivity index (χ4n) is 3.28. The standard InChI is InChI=1S/C21H31N3O3/c1-3-15(2)20(25)23-18-6-4-5-16(11-18)12-22-21(26)24(19-7-8-19)13-17-9-10-27-14-17/h4-6,11,15,17,19H,3,7-10,12-14H2,1-2H3,(H,22,26)(H,23,25). The molecule has 2 N–H and O–H groups in total. The van der Waals surface area contributed by atoms with Gasteiger partial charge in [-0.3, -0.25) is 4.79 Å². The van der Waals surface area contributed by atoms with Crippen LogP contribution in [0.3, 0.4) is 0 Å². The van der Waals surface area contributed by atoms with Gasteiger partial charge in [-0.2, -0.15) is 0 Å². The van der Waals surface area contributed by atoms with Crippen molar-refractivity contribution >= 4 is 17.6 Å². The van der Waals surface area contributed by atoms with E-state index < -0.39 is 0 Å². The average Bonchev–Trinajstić information content (AvgIpc) is 3.39. The molecule has 6 heteroatoms. The van der Waals surface area contributed by atoms with Gasteiger partial charge >= 0.3 is 6.03 Å². The van der Waals surface area contributed by atoms with Crippen molar-refractivity contribution in [3.63, 3.8) is 0 Å². The largest absolute Gasteiger partial charge is 0.381 e. The Labute approximate surface area is 161 Å². The van der Waals surface area contributed by atoms with Crippen LogP contribution in [0.5, 0.6) is 0 Å². The van der Waals surface area contributed by atoms with Gasteiger partial charge in [-0.1, -0.05) is 26.0 Å². The molecule has 1 aliphatic carbocycles. The summed E-state index contributed by atoms with van der Waals surface area (Å²) >= 11 is 0. The highest BCUT2D eigenvalue weighted by atomic mass is 16.5. The van der Waals surface area contributed by atoms with E-state index in [9.17, 15) is 9.59 Å². The first-order valence-corrected chi connectivity index (χ1v) is 10.1. The number of carbonyl (C=O) groups excluding carboxylic acids is 2. The normalized spacial score (nSPS) is 20.1. The number of hydrogen-bond acceptors (Lipinski definition) is 3. The summed E-state index contributed by atoms with van der Waals surface area (Å²) in [6, 6.07) is 8.05. The molecule has 2 fully saturated rings. The lowest BCUT2D eigenvalue weighted by molar-refractivity contribution is -0.119. The van der Waals surface area contributed by atoms with Gasteiger partial charge in [0.2, 0.25) is 5.91 Å². The second-order valence-electron chi connectivity index (χ2n) is 7.77. The Kier molecular flexibility index (Phi) is 6.72. The predicted octanol–water partition coefficient (Wildman–Crippen LogP) is 3.38. The van der Waals surface area contributed by atoms with E-state index in [0.717, 1.165) is 56.7 Å². The molecule has 0 aromatic heterocycles. The fraction of sp³-hybridized carbons (Fsp3) is 0.619. The molecule has 1 heterocycles. The molecule has 27 heavy (non-hydrogen) atoms. The molecular weight excluding hydrogens is 342 g/mol. The van der Waals surface area contributed by atoms with E-state index >= 15 is 0 Å². The van der Waals surface area contributed by atoms with Crippen molar-refractivity contribution in [1.29, 1.82) is 0 Å². The number of hydrogen-bond donors (Lipinski definition) is 2.